The van der Waals surface area contributed by atoms with Gasteiger partial charge in [-0.25, -0.2) is 4.68 Å². The van der Waals surface area contributed by atoms with Crippen molar-refractivity contribution in [1.82, 2.24) is 20.3 Å². The SMILES string of the molecule is CCc1oncc1C(=O)NCC1CCN(c2cnn(C)c(=O)c2)CC1. The smallest absolute Gasteiger partial charge is 0.268 e. The van der Waals surface area contributed by atoms with E-state index >= 15 is 0 Å². The normalized spacial score (nSPS) is 15.4. The minimum atomic E-state index is -0.128. The van der Waals surface area contributed by atoms with Gasteiger partial charge in [0.1, 0.15) is 11.3 Å². The second-order valence-corrected chi connectivity index (χ2v) is 6.33. The van der Waals surface area contributed by atoms with E-state index in [0.717, 1.165) is 31.6 Å². The maximum Gasteiger partial charge on any atom is 0.268 e. The third-order valence-electron chi connectivity index (χ3n) is 4.70. The topological polar surface area (TPSA) is 93.3 Å². The van der Waals surface area contributed by atoms with Crippen LogP contribution in [0.5, 0.6) is 0 Å². The molecule has 0 unspecified atom stereocenters. The monoisotopic (exact) mass is 345 g/mol. The van der Waals surface area contributed by atoms with Crippen LogP contribution in [0.4, 0.5) is 5.69 Å². The summed E-state index contributed by atoms with van der Waals surface area (Å²) in [7, 11) is 1.64. The molecule has 1 aliphatic rings. The van der Waals surface area contributed by atoms with Gasteiger partial charge in [-0.1, -0.05) is 12.1 Å². The summed E-state index contributed by atoms with van der Waals surface area (Å²) in [6.07, 6.45) is 5.76. The molecule has 2 aromatic rings. The molecule has 0 aliphatic carbocycles. The molecule has 1 N–H and O–H groups in total. The van der Waals surface area contributed by atoms with E-state index in [0.29, 0.717) is 30.2 Å². The minimum Gasteiger partial charge on any atom is -0.370 e. The van der Waals surface area contributed by atoms with Crippen LogP contribution in [0.1, 0.15) is 35.9 Å². The van der Waals surface area contributed by atoms with Crippen molar-refractivity contribution in [2.75, 3.05) is 24.5 Å². The largest absolute Gasteiger partial charge is 0.370 e. The summed E-state index contributed by atoms with van der Waals surface area (Å²) in [5.41, 5.74) is 1.28. The van der Waals surface area contributed by atoms with Crippen molar-refractivity contribution < 1.29 is 9.32 Å². The van der Waals surface area contributed by atoms with Gasteiger partial charge in [-0.05, 0) is 18.8 Å². The second-order valence-electron chi connectivity index (χ2n) is 6.33. The first-order valence-electron chi connectivity index (χ1n) is 8.58. The van der Waals surface area contributed by atoms with Crippen molar-refractivity contribution in [1.29, 1.82) is 0 Å². The van der Waals surface area contributed by atoms with Crippen LogP contribution < -0.4 is 15.8 Å². The molecule has 1 fully saturated rings. The average molecular weight is 345 g/mol. The highest BCUT2D eigenvalue weighted by atomic mass is 16.5. The van der Waals surface area contributed by atoms with Gasteiger partial charge >= 0.3 is 0 Å². The highest BCUT2D eigenvalue weighted by Gasteiger charge is 2.22. The Hall–Kier alpha value is -2.64. The van der Waals surface area contributed by atoms with Crippen LogP contribution in [0.3, 0.4) is 0 Å². The molecule has 0 saturated carbocycles. The quantitative estimate of drug-likeness (QED) is 0.868. The molecular formula is C17H23N5O3. The number of carbonyl (C=O) groups is 1. The summed E-state index contributed by atoms with van der Waals surface area (Å²) in [4.78, 5) is 26.1. The first-order chi connectivity index (χ1) is 12.1. The van der Waals surface area contributed by atoms with E-state index in [1.165, 1.54) is 10.9 Å². The number of aromatic nitrogens is 3. The molecule has 134 valence electrons. The van der Waals surface area contributed by atoms with E-state index in [9.17, 15) is 9.59 Å². The summed E-state index contributed by atoms with van der Waals surface area (Å²) in [5.74, 6) is 0.909. The number of carbonyl (C=O) groups excluding carboxylic acids is 1. The summed E-state index contributed by atoms with van der Waals surface area (Å²) in [6, 6.07) is 1.62. The number of nitrogens with one attached hydrogen (secondary N) is 1. The van der Waals surface area contributed by atoms with Crippen LogP contribution in [-0.2, 0) is 13.5 Å². The van der Waals surface area contributed by atoms with Gasteiger partial charge < -0.3 is 14.7 Å². The van der Waals surface area contributed by atoms with E-state index < -0.39 is 0 Å². The number of hydrogen-bond donors (Lipinski definition) is 1. The van der Waals surface area contributed by atoms with Crippen molar-refractivity contribution in [3.63, 3.8) is 0 Å². The van der Waals surface area contributed by atoms with Gasteiger partial charge in [0, 0.05) is 39.2 Å². The molecule has 3 rings (SSSR count). The van der Waals surface area contributed by atoms with Crippen LogP contribution in [0.15, 0.2) is 27.8 Å². The number of piperidine rings is 1. The molecule has 1 aliphatic heterocycles. The molecule has 0 bridgehead atoms. The van der Waals surface area contributed by atoms with Crippen LogP contribution in [0.25, 0.3) is 0 Å². The molecule has 0 atom stereocenters. The zero-order chi connectivity index (χ0) is 17.8. The lowest BCUT2D eigenvalue weighted by molar-refractivity contribution is 0.0943. The van der Waals surface area contributed by atoms with E-state index in [4.69, 9.17) is 4.52 Å². The van der Waals surface area contributed by atoms with Gasteiger partial charge in [0.15, 0.2) is 0 Å². The number of hydrogen-bond acceptors (Lipinski definition) is 6. The number of aryl methyl sites for hydroxylation is 2. The van der Waals surface area contributed by atoms with Gasteiger partial charge in [0.2, 0.25) is 0 Å². The van der Waals surface area contributed by atoms with Crippen LogP contribution in [0, 0.1) is 5.92 Å². The number of nitrogens with zero attached hydrogens (tertiary/aromatic N) is 4. The molecule has 8 nitrogen and oxygen atoms in total. The molecule has 0 radical (unpaired) electrons. The Morgan fingerprint density at radius 2 is 2.12 bits per heavy atom. The molecule has 25 heavy (non-hydrogen) atoms. The predicted octanol–water partition coefficient (Wildman–Crippen LogP) is 0.977. The Morgan fingerprint density at radius 1 is 1.36 bits per heavy atom. The third-order valence-corrected chi connectivity index (χ3v) is 4.70. The van der Waals surface area contributed by atoms with Crippen LogP contribution in [-0.4, -0.2) is 40.5 Å². The zero-order valence-corrected chi connectivity index (χ0v) is 14.6. The lowest BCUT2D eigenvalue weighted by Crippen LogP contribution is -2.39. The maximum absolute atomic E-state index is 12.2. The molecular weight excluding hydrogens is 322 g/mol. The minimum absolute atomic E-state index is 0.104. The highest BCUT2D eigenvalue weighted by molar-refractivity contribution is 5.94. The lowest BCUT2D eigenvalue weighted by Gasteiger charge is -2.33. The fourth-order valence-electron chi connectivity index (χ4n) is 3.06. The molecule has 0 spiro atoms. The molecule has 1 amide bonds. The van der Waals surface area contributed by atoms with Crippen molar-refractivity contribution in [3.05, 3.63) is 40.1 Å². The predicted molar refractivity (Wildman–Crippen MR) is 92.6 cm³/mol. The number of rotatable bonds is 5. The van der Waals surface area contributed by atoms with Crippen LogP contribution in [0.2, 0.25) is 0 Å². The fraction of sp³-hybridized carbons (Fsp3) is 0.529. The standard InChI is InChI=1S/C17H23N5O3/c1-3-15-14(11-20-25-15)17(24)18-9-12-4-6-22(7-5-12)13-8-16(23)21(2)19-10-13/h8,10-12H,3-7,9H2,1-2H3,(H,18,24). The summed E-state index contributed by atoms with van der Waals surface area (Å²) in [5, 5.41) is 10.7. The Morgan fingerprint density at radius 3 is 2.80 bits per heavy atom. The van der Waals surface area contributed by atoms with Crippen LogP contribution >= 0.6 is 0 Å². The average Bonchev–Trinajstić information content (AvgIpc) is 3.11. The van der Waals surface area contributed by atoms with Crippen molar-refractivity contribution >= 4 is 11.6 Å². The summed E-state index contributed by atoms with van der Waals surface area (Å²) in [6.45, 7) is 4.26. The van der Waals surface area contributed by atoms with Gasteiger partial charge in [-0.2, -0.15) is 5.10 Å². The molecule has 0 aromatic carbocycles. The Kier molecular flexibility index (Phi) is 5.16. The second kappa shape index (κ2) is 7.50. The van der Waals surface area contributed by atoms with E-state index in [1.54, 1.807) is 19.3 Å². The third kappa shape index (κ3) is 3.89. The Labute approximate surface area is 145 Å². The zero-order valence-electron chi connectivity index (χ0n) is 14.6. The van der Waals surface area contributed by atoms with Crippen molar-refractivity contribution in [3.8, 4) is 0 Å². The van der Waals surface area contributed by atoms with Gasteiger partial charge in [0.05, 0.1) is 18.1 Å². The Balaban J connectivity index is 1.50. The van der Waals surface area contributed by atoms with Crippen molar-refractivity contribution in [2.45, 2.75) is 26.2 Å². The lowest BCUT2D eigenvalue weighted by atomic mass is 9.96. The van der Waals surface area contributed by atoms with Gasteiger partial charge in [-0.3, -0.25) is 9.59 Å². The molecule has 2 aromatic heterocycles. The van der Waals surface area contributed by atoms with E-state index in [2.05, 4.69) is 20.5 Å². The molecule has 1 saturated heterocycles. The van der Waals surface area contributed by atoms with Crippen molar-refractivity contribution in [2.24, 2.45) is 13.0 Å². The maximum atomic E-state index is 12.2. The van der Waals surface area contributed by atoms with Gasteiger partial charge in [0.25, 0.3) is 11.5 Å². The fourth-order valence-corrected chi connectivity index (χ4v) is 3.06. The van der Waals surface area contributed by atoms with E-state index in [-0.39, 0.29) is 11.5 Å². The Bertz CT molecular complexity index is 790. The van der Waals surface area contributed by atoms with Gasteiger partial charge in [-0.15, -0.1) is 0 Å². The first kappa shape index (κ1) is 17.2. The first-order valence-corrected chi connectivity index (χ1v) is 8.58. The molecule has 8 heteroatoms. The number of amides is 1. The highest BCUT2D eigenvalue weighted by Crippen LogP contribution is 2.21. The van der Waals surface area contributed by atoms with E-state index in [1.807, 2.05) is 6.92 Å². The summed E-state index contributed by atoms with van der Waals surface area (Å²) >= 11 is 0. The summed E-state index contributed by atoms with van der Waals surface area (Å²) < 4.78 is 6.38. The molecule has 3 heterocycles. The number of anilines is 1.